The van der Waals surface area contributed by atoms with E-state index in [0.29, 0.717) is 38.5 Å². The molecule has 0 unspecified atom stereocenters. The largest absolute Gasteiger partial charge is 0.342 e. The molecule has 0 atom stereocenters. The lowest BCUT2D eigenvalue weighted by Crippen LogP contribution is -2.39. The van der Waals surface area contributed by atoms with Gasteiger partial charge in [-0.25, -0.2) is 9.67 Å². The summed E-state index contributed by atoms with van der Waals surface area (Å²) in [7, 11) is 0. The van der Waals surface area contributed by atoms with Crippen molar-refractivity contribution in [2.75, 3.05) is 13.1 Å². The number of aromatic nitrogens is 4. The highest BCUT2D eigenvalue weighted by atomic mass is 35.5. The second-order valence-electron chi connectivity index (χ2n) is 9.03. The molecule has 4 heterocycles. The van der Waals surface area contributed by atoms with Crippen LogP contribution in [0.15, 0.2) is 40.5 Å². The van der Waals surface area contributed by atoms with Gasteiger partial charge in [0.25, 0.3) is 5.56 Å². The third-order valence-corrected chi connectivity index (χ3v) is 7.60. The Bertz CT molecular complexity index is 1450. The quantitative estimate of drug-likeness (QED) is 0.412. The fourth-order valence-corrected chi connectivity index (χ4v) is 5.62. The van der Waals surface area contributed by atoms with Crippen LogP contribution in [0.5, 0.6) is 0 Å². The molecule has 1 aliphatic heterocycles. The summed E-state index contributed by atoms with van der Waals surface area (Å²) >= 11 is 7.54. The van der Waals surface area contributed by atoms with E-state index in [1.54, 1.807) is 9.08 Å². The average Bonchev–Trinajstić information content (AvgIpc) is 3.37. The van der Waals surface area contributed by atoms with Gasteiger partial charge in [0.05, 0.1) is 23.4 Å². The van der Waals surface area contributed by atoms with Crippen LogP contribution < -0.4 is 5.56 Å². The molecule has 0 radical (unpaired) electrons. The average molecular weight is 496 g/mol. The fourth-order valence-electron chi connectivity index (χ4n) is 4.51. The maximum absolute atomic E-state index is 13.7. The number of hydrogen-bond donors (Lipinski definition) is 0. The topological polar surface area (TPSA) is 72.5 Å². The normalized spacial score (nSPS) is 14.8. The lowest BCUT2D eigenvalue weighted by Gasteiger charge is -2.30. The van der Waals surface area contributed by atoms with Crippen LogP contribution >= 0.6 is 22.9 Å². The van der Waals surface area contributed by atoms with Crippen LogP contribution in [-0.4, -0.2) is 43.1 Å². The second-order valence-corrected chi connectivity index (χ2v) is 10.3. The number of piperidine rings is 1. The molecular weight excluding hydrogens is 470 g/mol. The summed E-state index contributed by atoms with van der Waals surface area (Å²) in [5.74, 6) is 0.709. The van der Waals surface area contributed by atoms with E-state index < -0.39 is 0 Å². The van der Waals surface area contributed by atoms with Crippen molar-refractivity contribution >= 4 is 33.8 Å². The Balaban J connectivity index is 1.53. The van der Waals surface area contributed by atoms with Crippen molar-refractivity contribution < 1.29 is 4.79 Å². The molecule has 5 rings (SSSR count). The molecule has 0 aliphatic carbocycles. The molecule has 9 heteroatoms. The molecule has 0 spiro atoms. The predicted molar refractivity (Wildman–Crippen MR) is 135 cm³/mol. The molecule has 7 nitrogen and oxygen atoms in total. The summed E-state index contributed by atoms with van der Waals surface area (Å²) in [4.78, 5) is 33.8. The van der Waals surface area contributed by atoms with Gasteiger partial charge in [-0.3, -0.25) is 14.0 Å². The van der Waals surface area contributed by atoms with Gasteiger partial charge in [-0.15, -0.1) is 11.3 Å². The molecule has 34 heavy (non-hydrogen) atoms. The Hall–Kier alpha value is -2.97. The maximum atomic E-state index is 13.7. The zero-order valence-electron chi connectivity index (χ0n) is 19.4. The molecule has 176 valence electrons. The van der Waals surface area contributed by atoms with E-state index in [9.17, 15) is 9.59 Å². The van der Waals surface area contributed by atoms with Crippen molar-refractivity contribution in [2.45, 2.75) is 40.0 Å². The van der Waals surface area contributed by atoms with Gasteiger partial charge >= 0.3 is 0 Å². The van der Waals surface area contributed by atoms with Crippen LogP contribution in [-0.2, 0) is 11.2 Å². The number of likely N-dealkylation sites (tertiary alicyclic amines) is 1. The first-order valence-electron chi connectivity index (χ1n) is 11.4. The van der Waals surface area contributed by atoms with Gasteiger partial charge in [-0.1, -0.05) is 24.6 Å². The first kappa shape index (κ1) is 22.8. The standard InChI is InChI=1S/C25H26ClN5O2S/c1-15-7-9-29(10-8-15)22(32)13-20-14-34-25-27-17(3)23(24(33)30(20)25)21-11-16(2)31(28-21)19-6-4-5-18(26)12-19/h4-6,11-12,14-15H,7-10,13H2,1-3H3. The highest BCUT2D eigenvalue weighted by molar-refractivity contribution is 7.15. The van der Waals surface area contributed by atoms with Crippen LogP contribution in [0.1, 0.15) is 36.8 Å². The van der Waals surface area contributed by atoms with Crippen molar-refractivity contribution in [2.24, 2.45) is 5.92 Å². The van der Waals surface area contributed by atoms with E-state index in [4.69, 9.17) is 16.7 Å². The van der Waals surface area contributed by atoms with Gasteiger partial charge in [0.2, 0.25) is 5.91 Å². The fraction of sp³-hybridized carbons (Fsp3) is 0.360. The molecule has 0 saturated carbocycles. The molecule has 1 saturated heterocycles. The Morgan fingerprint density at radius 1 is 1.21 bits per heavy atom. The smallest absolute Gasteiger partial charge is 0.268 e. The van der Waals surface area contributed by atoms with Gasteiger partial charge in [-0.05, 0) is 56.9 Å². The third-order valence-electron chi connectivity index (χ3n) is 6.49. The highest BCUT2D eigenvalue weighted by Crippen LogP contribution is 2.25. The molecule has 3 aromatic heterocycles. The van der Waals surface area contributed by atoms with Crippen molar-refractivity contribution in [1.29, 1.82) is 0 Å². The van der Waals surface area contributed by atoms with Crippen LogP contribution in [0.4, 0.5) is 0 Å². The van der Waals surface area contributed by atoms with Crippen molar-refractivity contribution in [1.82, 2.24) is 24.1 Å². The summed E-state index contributed by atoms with van der Waals surface area (Å²) in [5, 5.41) is 7.19. The molecule has 1 aliphatic rings. The Morgan fingerprint density at radius 2 is 1.97 bits per heavy atom. The van der Waals surface area contributed by atoms with E-state index in [1.807, 2.05) is 54.5 Å². The first-order valence-corrected chi connectivity index (χ1v) is 12.7. The number of rotatable bonds is 4. The molecular formula is C25H26ClN5O2S. The van der Waals surface area contributed by atoms with Gasteiger partial charge in [0, 0.05) is 34.9 Å². The highest BCUT2D eigenvalue weighted by Gasteiger charge is 2.23. The van der Waals surface area contributed by atoms with Crippen LogP contribution in [0.3, 0.4) is 0 Å². The summed E-state index contributed by atoms with van der Waals surface area (Å²) in [6, 6.07) is 9.30. The lowest BCUT2D eigenvalue weighted by molar-refractivity contribution is -0.131. The van der Waals surface area contributed by atoms with Crippen molar-refractivity contribution in [3.8, 4) is 16.9 Å². The van der Waals surface area contributed by atoms with Crippen molar-refractivity contribution in [3.05, 3.63) is 68.2 Å². The number of aryl methyl sites for hydroxylation is 2. The predicted octanol–water partition coefficient (Wildman–Crippen LogP) is 4.68. The summed E-state index contributed by atoms with van der Waals surface area (Å²) in [5.41, 5.74) is 3.78. The molecule has 4 aromatic rings. The molecule has 0 bridgehead atoms. The van der Waals surface area contributed by atoms with E-state index >= 15 is 0 Å². The summed E-state index contributed by atoms with van der Waals surface area (Å²) in [6.07, 6.45) is 2.24. The number of fused-ring (bicyclic) bond motifs is 1. The SMILES string of the molecule is Cc1nc2scc(CC(=O)N3CCC(C)CC3)n2c(=O)c1-c1cc(C)n(-c2cccc(Cl)c2)n1. The minimum atomic E-state index is -0.199. The summed E-state index contributed by atoms with van der Waals surface area (Å²) < 4.78 is 3.34. The van der Waals surface area contributed by atoms with E-state index in [-0.39, 0.29) is 17.9 Å². The van der Waals surface area contributed by atoms with Gasteiger partial charge in [-0.2, -0.15) is 5.10 Å². The monoisotopic (exact) mass is 495 g/mol. The summed E-state index contributed by atoms with van der Waals surface area (Å²) in [6.45, 7) is 7.53. The van der Waals surface area contributed by atoms with Gasteiger partial charge < -0.3 is 4.90 Å². The van der Waals surface area contributed by atoms with Crippen LogP contribution in [0.2, 0.25) is 5.02 Å². The second kappa shape index (κ2) is 9.00. The number of hydrogen-bond acceptors (Lipinski definition) is 5. The molecule has 0 N–H and O–H groups in total. The third kappa shape index (κ3) is 4.16. The number of nitrogens with zero attached hydrogens (tertiary/aromatic N) is 5. The number of thiazole rings is 1. The lowest BCUT2D eigenvalue weighted by atomic mass is 9.99. The number of halogens is 1. The zero-order chi connectivity index (χ0) is 24.0. The van der Waals surface area contributed by atoms with E-state index in [0.717, 1.165) is 37.3 Å². The Labute approximate surface area is 206 Å². The minimum Gasteiger partial charge on any atom is -0.342 e. The number of amides is 1. The van der Waals surface area contributed by atoms with E-state index in [2.05, 4.69) is 11.9 Å². The molecule has 1 aromatic carbocycles. The van der Waals surface area contributed by atoms with Gasteiger partial charge in [0.1, 0.15) is 5.69 Å². The molecule has 1 amide bonds. The Morgan fingerprint density at radius 3 is 2.71 bits per heavy atom. The van der Waals surface area contributed by atoms with Crippen LogP contribution in [0.25, 0.3) is 21.9 Å². The van der Waals surface area contributed by atoms with Gasteiger partial charge in [0.15, 0.2) is 4.96 Å². The maximum Gasteiger partial charge on any atom is 0.268 e. The molecule has 1 fully saturated rings. The first-order chi connectivity index (χ1) is 16.3. The minimum absolute atomic E-state index is 0.0571. The van der Waals surface area contributed by atoms with Crippen molar-refractivity contribution in [3.63, 3.8) is 0 Å². The number of carbonyl (C=O) groups excluding carboxylic acids is 1. The number of carbonyl (C=O) groups is 1. The zero-order valence-corrected chi connectivity index (χ0v) is 21.0. The van der Waals surface area contributed by atoms with E-state index in [1.165, 1.54) is 11.3 Å². The number of benzene rings is 1. The van der Waals surface area contributed by atoms with Crippen LogP contribution in [0, 0.1) is 19.8 Å². The Kier molecular flexibility index (Phi) is 6.04.